The van der Waals surface area contributed by atoms with Crippen molar-refractivity contribution in [2.24, 2.45) is 0 Å². The first-order valence-electron chi connectivity index (χ1n) is 8.63. The Morgan fingerprint density at radius 3 is 2.73 bits per heavy atom. The van der Waals surface area contributed by atoms with Gasteiger partial charge in [-0.25, -0.2) is 13.8 Å². The third kappa shape index (κ3) is 3.85. The number of carbonyl (C=O) groups is 1. The number of non-ortho nitro benzene ring substituents is 1. The van der Waals surface area contributed by atoms with Crippen LogP contribution in [0.15, 0.2) is 60.9 Å². The molecule has 0 atom stereocenters. The van der Waals surface area contributed by atoms with Gasteiger partial charge < -0.3 is 0 Å². The maximum atomic E-state index is 14.1. The molecule has 4 aromatic rings. The van der Waals surface area contributed by atoms with Gasteiger partial charge in [0.2, 0.25) is 0 Å². The summed E-state index contributed by atoms with van der Waals surface area (Å²) < 4.78 is 28.0. The first-order chi connectivity index (χ1) is 14.4. The summed E-state index contributed by atoms with van der Waals surface area (Å²) in [6.07, 6.45) is 3.13. The van der Waals surface area contributed by atoms with Crippen molar-refractivity contribution in [2.45, 2.75) is 6.54 Å². The fraction of sp³-hybridized carbons (Fsp3) is 0.0500. The summed E-state index contributed by atoms with van der Waals surface area (Å²) in [5, 5.41) is 11.2. The number of aromatic nitrogens is 2. The minimum atomic E-state index is -0.836. The number of amides is 1. The minimum absolute atomic E-state index is 0.0410. The Kier molecular flexibility index (Phi) is 5.15. The summed E-state index contributed by atoms with van der Waals surface area (Å²) in [4.78, 5) is 33.2. The fourth-order valence-electron chi connectivity index (χ4n) is 2.87. The summed E-state index contributed by atoms with van der Waals surface area (Å²) in [7, 11) is 0. The van der Waals surface area contributed by atoms with E-state index in [4.69, 9.17) is 0 Å². The SMILES string of the molecule is O=C(c1cccc([N+](=O)[O-])c1)N(Cc1cccnc1)c1nc2c(F)cc(F)cc2s1. The molecule has 30 heavy (non-hydrogen) atoms. The third-order valence-corrected chi connectivity index (χ3v) is 5.27. The van der Waals surface area contributed by atoms with E-state index in [0.29, 0.717) is 5.56 Å². The van der Waals surface area contributed by atoms with Crippen molar-refractivity contribution >= 4 is 38.3 Å². The molecule has 1 amide bonds. The molecular formula is C20H12F2N4O3S. The van der Waals surface area contributed by atoms with Crippen LogP contribution in [0.25, 0.3) is 10.2 Å². The van der Waals surface area contributed by atoms with Crippen LogP contribution in [-0.2, 0) is 6.54 Å². The molecule has 0 spiro atoms. The zero-order valence-corrected chi connectivity index (χ0v) is 16.0. The van der Waals surface area contributed by atoms with E-state index in [1.807, 2.05) is 0 Å². The van der Waals surface area contributed by atoms with Crippen LogP contribution >= 0.6 is 11.3 Å². The number of halogens is 2. The lowest BCUT2D eigenvalue weighted by Crippen LogP contribution is -2.30. The Bertz CT molecular complexity index is 1260. The summed E-state index contributed by atoms with van der Waals surface area (Å²) in [5.41, 5.74) is 0.445. The molecule has 150 valence electrons. The highest BCUT2D eigenvalue weighted by Crippen LogP contribution is 2.33. The molecule has 0 aliphatic carbocycles. The Hall–Kier alpha value is -3.79. The molecule has 10 heteroatoms. The quantitative estimate of drug-likeness (QED) is 0.340. The number of hydrogen-bond acceptors (Lipinski definition) is 6. The van der Waals surface area contributed by atoms with E-state index in [1.165, 1.54) is 23.1 Å². The van der Waals surface area contributed by atoms with Crippen LogP contribution < -0.4 is 4.90 Å². The normalized spacial score (nSPS) is 10.9. The zero-order chi connectivity index (χ0) is 21.3. The molecule has 0 aliphatic rings. The number of thiazole rings is 1. The number of nitro benzene ring substituents is 1. The molecule has 0 unspecified atom stereocenters. The number of nitrogens with zero attached hydrogens (tertiary/aromatic N) is 4. The molecule has 2 aromatic heterocycles. The van der Waals surface area contributed by atoms with E-state index >= 15 is 0 Å². The molecule has 0 aliphatic heterocycles. The molecule has 0 saturated carbocycles. The molecule has 0 fully saturated rings. The van der Waals surface area contributed by atoms with Crippen molar-refractivity contribution in [3.63, 3.8) is 0 Å². The zero-order valence-electron chi connectivity index (χ0n) is 15.2. The summed E-state index contributed by atoms with van der Waals surface area (Å²) >= 11 is 0.946. The minimum Gasteiger partial charge on any atom is -0.279 e. The van der Waals surface area contributed by atoms with Gasteiger partial charge in [0.25, 0.3) is 11.6 Å². The number of pyridine rings is 1. The third-order valence-electron chi connectivity index (χ3n) is 4.25. The lowest BCUT2D eigenvalue weighted by Gasteiger charge is -2.20. The van der Waals surface area contributed by atoms with E-state index < -0.39 is 22.5 Å². The standard InChI is InChI=1S/C20H12F2N4O3S/c21-14-8-16(22)18-17(9-14)30-20(24-18)25(11-12-3-2-6-23-10-12)19(27)13-4-1-5-15(7-13)26(28)29/h1-10H,11H2. The Morgan fingerprint density at radius 2 is 2.00 bits per heavy atom. The predicted molar refractivity (Wildman–Crippen MR) is 107 cm³/mol. The van der Waals surface area contributed by atoms with Crippen LogP contribution in [0.5, 0.6) is 0 Å². The molecule has 7 nitrogen and oxygen atoms in total. The second kappa shape index (κ2) is 7.91. The Morgan fingerprint density at radius 1 is 1.17 bits per heavy atom. The number of benzene rings is 2. The van der Waals surface area contributed by atoms with Gasteiger partial charge in [0.05, 0.1) is 16.2 Å². The van der Waals surface area contributed by atoms with Crippen molar-refractivity contribution < 1.29 is 18.5 Å². The topological polar surface area (TPSA) is 89.2 Å². The summed E-state index contributed by atoms with van der Waals surface area (Å²) in [6.45, 7) is 0.0410. The van der Waals surface area contributed by atoms with Gasteiger partial charge in [-0.1, -0.05) is 23.5 Å². The fourth-order valence-corrected chi connectivity index (χ4v) is 3.87. The molecule has 0 N–H and O–H groups in total. The second-order valence-corrected chi connectivity index (χ2v) is 7.30. The first kappa shape index (κ1) is 19.5. The van der Waals surface area contributed by atoms with Crippen molar-refractivity contribution in [2.75, 3.05) is 4.90 Å². The van der Waals surface area contributed by atoms with Gasteiger partial charge in [0.1, 0.15) is 11.3 Å². The summed E-state index contributed by atoms with van der Waals surface area (Å²) in [6, 6.07) is 10.6. The Balaban J connectivity index is 1.80. The van der Waals surface area contributed by atoms with E-state index in [1.54, 1.807) is 24.5 Å². The van der Waals surface area contributed by atoms with E-state index in [9.17, 15) is 23.7 Å². The molecule has 2 aromatic carbocycles. The number of fused-ring (bicyclic) bond motifs is 1. The van der Waals surface area contributed by atoms with Crippen LogP contribution in [0.3, 0.4) is 0 Å². The number of hydrogen-bond donors (Lipinski definition) is 0. The molecular weight excluding hydrogens is 414 g/mol. The number of nitro groups is 1. The highest BCUT2D eigenvalue weighted by Gasteiger charge is 2.24. The first-order valence-corrected chi connectivity index (χ1v) is 9.45. The molecule has 0 bridgehead atoms. The largest absolute Gasteiger partial charge is 0.279 e. The lowest BCUT2D eigenvalue weighted by atomic mass is 10.1. The van der Waals surface area contributed by atoms with Gasteiger partial charge in [0, 0.05) is 36.2 Å². The molecule has 2 heterocycles. The van der Waals surface area contributed by atoms with Crippen LogP contribution in [0.1, 0.15) is 15.9 Å². The average molecular weight is 426 g/mol. The number of rotatable bonds is 5. The molecule has 4 rings (SSSR count). The molecule has 0 radical (unpaired) electrons. The molecule has 0 saturated heterocycles. The van der Waals surface area contributed by atoms with E-state index in [0.717, 1.165) is 29.5 Å². The predicted octanol–water partition coefficient (Wildman–Crippen LogP) is 4.72. The van der Waals surface area contributed by atoms with Crippen molar-refractivity contribution in [1.82, 2.24) is 9.97 Å². The highest BCUT2D eigenvalue weighted by atomic mass is 32.1. The van der Waals surface area contributed by atoms with Crippen LogP contribution in [-0.4, -0.2) is 20.8 Å². The lowest BCUT2D eigenvalue weighted by molar-refractivity contribution is -0.384. The number of carbonyl (C=O) groups excluding carboxylic acids is 1. The van der Waals surface area contributed by atoms with Gasteiger partial charge in [-0.05, 0) is 23.8 Å². The van der Waals surface area contributed by atoms with Crippen molar-refractivity contribution in [1.29, 1.82) is 0 Å². The maximum absolute atomic E-state index is 14.1. The Labute approximate surface area is 172 Å². The number of anilines is 1. The maximum Gasteiger partial charge on any atom is 0.270 e. The van der Waals surface area contributed by atoms with Gasteiger partial charge in [-0.15, -0.1) is 0 Å². The van der Waals surface area contributed by atoms with Gasteiger partial charge >= 0.3 is 0 Å². The van der Waals surface area contributed by atoms with E-state index in [-0.39, 0.29) is 33.1 Å². The van der Waals surface area contributed by atoms with Crippen molar-refractivity contribution in [3.05, 3.63) is 93.8 Å². The second-order valence-electron chi connectivity index (χ2n) is 6.29. The van der Waals surface area contributed by atoms with Crippen LogP contribution in [0.4, 0.5) is 19.6 Å². The highest BCUT2D eigenvalue weighted by molar-refractivity contribution is 7.22. The monoisotopic (exact) mass is 426 g/mol. The van der Waals surface area contributed by atoms with Crippen LogP contribution in [0, 0.1) is 21.7 Å². The van der Waals surface area contributed by atoms with Crippen molar-refractivity contribution in [3.8, 4) is 0 Å². The smallest absolute Gasteiger partial charge is 0.270 e. The van der Waals surface area contributed by atoms with Gasteiger partial charge in [0.15, 0.2) is 10.9 Å². The van der Waals surface area contributed by atoms with Gasteiger partial charge in [-0.2, -0.15) is 0 Å². The summed E-state index contributed by atoms with van der Waals surface area (Å²) in [5.74, 6) is -2.15. The van der Waals surface area contributed by atoms with E-state index in [2.05, 4.69) is 9.97 Å². The van der Waals surface area contributed by atoms with Crippen LogP contribution in [0.2, 0.25) is 0 Å². The van der Waals surface area contributed by atoms with Gasteiger partial charge in [-0.3, -0.25) is 24.8 Å². The average Bonchev–Trinajstić information content (AvgIpc) is 3.16.